The van der Waals surface area contributed by atoms with Crippen LogP contribution in [0, 0.1) is 0 Å². The first-order chi connectivity index (χ1) is 9.45. The minimum atomic E-state index is -3.10. The van der Waals surface area contributed by atoms with Gasteiger partial charge in [0.2, 0.25) is 6.79 Å². The second-order valence-electron chi connectivity index (χ2n) is 5.06. The minimum Gasteiger partial charge on any atom is -0.454 e. The number of carbonyl (C=O) groups is 1. The van der Waals surface area contributed by atoms with Crippen molar-refractivity contribution >= 4 is 15.7 Å². The van der Waals surface area contributed by atoms with Crippen molar-refractivity contribution in [2.24, 2.45) is 0 Å². The molecule has 20 heavy (non-hydrogen) atoms. The number of amides is 1. The van der Waals surface area contributed by atoms with Gasteiger partial charge in [0.15, 0.2) is 21.3 Å². The maximum Gasteiger partial charge on any atom is 0.254 e. The molecule has 1 aromatic rings. The zero-order valence-corrected chi connectivity index (χ0v) is 11.9. The van der Waals surface area contributed by atoms with Crippen LogP contribution < -0.4 is 9.47 Å². The van der Waals surface area contributed by atoms with Crippen LogP contribution >= 0.6 is 0 Å². The van der Waals surface area contributed by atoms with Crippen LogP contribution in [0.15, 0.2) is 18.2 Å². The Bertz CT molecular complexity index is 655. The first kappa shape index (κ1) is 13.2. The van der Waals surface area contributed by atoms with Crippen LogP contribution in [0.4, 0.5) is 0 Å². The van der Waals surface area contributed by atoms with Gasteiger partial charge in [-0.15, -0.1) is 0 Å². The first-order valence-electron chi connectivity index (χ1n) is 6.33. The number of nitrogens with zero attached hydrogens (tertiary/aromatic N) is 1. The molecule has 7 heteroatoms. The van der Waals surface area contributed by atoms with E-state index in [1.54, 1.807) is 23.1 Å². The number of hydrogen-bond donors (Lipinski definition) is 0. The maximum absolute atomic E-state index is 12.4. The second kappa shape index (κ2) is 4.66. The number of hydrogen-bond acceptors (Lipinski definition) is 5. The Labute approximate surface area is 117 Å². The van der Waals surface area contributed by atoms with Crippen molar-refractivity contribution < 1.29 is 22.7 Å². The molecular formula is C13H15NO5S. The molecule has 1 fully saturated rings. The number of likely N-dealkylation sites (tertiary alicyclic amines) is 1. The lowest BCUT2D eigenvalue weighted by atomic mass is 10.2. The standard InChI is InChI=1S/C13H15NO5S/c1-20(16,17)10-4-5-14(7-10)13(15)9-2-3-11-12(6-9)19-8-18-11/h2-3,6,10H,4-5,7-8H2,1H3. The van der Waals surface area contributed by atoms with Crippen molar-refractivity contribution in [2.75, 3.05) is 26.1 Å². The first-order valence-corrected chi connectivity index (χ1v) is 8.28. The Morgan fingerprint density at radius 2 is 2.05 bits per heavy atom. The van der Waals surface area contributed by atoms with E-state index >= 15 is 0 Å². The largest absolute Gasteiger partial charge is 0.454 e. The lowest BCUT2D eigenvalue weighted by Crippen LogP contribution is -2.31. The van der Waals surface area contributed by atoms with Gasteiger partial charge in [0.25, 0.3) is 5.91 Å². The molecular weight excluding hydrogens is 282 g/mol. The fourth-order valence-electron chi connectivity index (χ4n) is 2.47. The quantitative estimate of drug-likeness (QED) is 0.802. The van der Waals surface area contributed by atoms with Crippen molar-refractivity contribution in [1.29, 1.82) is 0 Å². The summed E-state index contributed by atoms with van der Waals surface area (Å²) in [7, 11) is -3.10. The molecule has 2 heterocycles. The van der Waals surface area contributed by atoms with E-state index in [1.165, 1.54) is 6.26 Å². The molecule has 0 radical (unpaired) electrons. The summed E-state index contributed by atoms with van der Waals surface area (Å²) >= 11 is 0. The molecule has 1 saturated heterocycles. The molecule has 0 bridgehead atoms. The van der Waals surface area contributed by atoms with Gasteiger partial charge in [-0.2, -0.15) is 0 Å². The van der Waals surface area contributed by atoms with Crippen molar-refractivity contribution in [3.63, 3.8) is 0 Å². The van der Waals surface area contributed by atoms with Gasteiger partial charge in [-0.1, -0.05) is 0 Å². The third kappa shape index (κ3) is 2.33. The molecule has 0 aliphatic carbocycles. The summed E-state index contributed by atoms with van der Waals surface area (Å²) in [5.74, 6) is 1.00. The number of benzene rings is 1. The fourth-order valence-corrected chi connectivity index (χ4v) is 3.46. The van der Waals surface area contributed by atoms with Crippen molar-refractivity contribution in [1.82, 2.24) is 4.90 Å². The van der Waals surface area contributed by atoms with Gasteiger partial charge in [0.1, 0.15) is 0 Å². The van der Waals surface area contributed by atoms with Crippen LogP contribution in [0.5, 0.6) is 11.5 Å². The molecule has 108 valence electrons. The van der Waals surface area contributed by atoms with Gasteiger partial charge >= 0.3 is 0 Å². The molecule has 1 unspecified atom stereocenters. The second-order valence-corrected chi connectivity index (χ2v) is 7.39. The normalized spacial score (nSPS) is 21.2. The summed E-state index contributed by atoms with van der Waals surface area (Å²) in [6.07, 6.45) is 1.71. The fraction of sp³-hybridized carbons (Fsp3) is 0.462. The highest BCUT2D eigenvalue weighted by Crippen LogP contribution is 2.33. The minimum absolute atomic E-state index is 0.160. The summed E-state index contributed by atoms with van der Waals surface area (Å²) in [5, 5.41) is -0.458. The lowest BCUT2D eigenvalue weighted by molar-refractivity contribution is 0.0793. The highest BCUT2D eigenvalue weighted by Gasteiger charge is 2.33. The zero-order valence-electron chi connectivity index (χ0n) is 11.0. The SMILES string of the molecule is CS(=O)(=O)C1CCN(C(=O)c2ccc3c(c2)OCO3)C1. The smallest absolute Gasteiger partial charge is 0.254 e. The Hall–Kier alpha value is -1.76. The number of rotatable bonds is 2. The Morgan fingerprint density at radius 3 is 2.75 bits per heavy atom. The maximum atomic E-state index is 12.4. The summed E-state index contributed by atoms with van der Waals surface area (Å²) in [5.41, 5.74) is 0.489. The Balaban J connectivity index is 1.77. The van der Waals surface area contributed by atoms with E-state index in [9.17, 15) is 13.2 Å². The van der Waals surface area contributed by atoms with E-state index in [4.69, 9.17) is 9.47 Å². The summed E-state index contributed by atoms with van der Waals surface area (Å²) in [6, 6.07) is 5.00. The Kier molecular flexibility index (Phi) is 3.08. The molecule has 2 aliphatic heterocycles. The van der Waals surface area contributed by atoms with Gasteiger partial charge in [-0.05, 0) is 24.6 Å². The van der Waals surface area contributed by atoms with E-state index in [0.717, 1.165) is 0 Å². The molecule has 0 spiro atoms. The molecule has 0 saturated carbocycles. The third-order valence-corrected chi connectivity index (χ3v) is 5.25. The average Bonchev–Trinajstić information content (AvgIpc) is 3.05. The van der Waals surface area contributed by atoms with Crippen LogP contribution in [-0.4, -0.2) is 50.6 Å². The van der Waals surface area contributed by atoms with Crippen molar-refractivity contribution in [2.45, 2.75) is 11.7 Å². The van der Waals surface area contributed by atoms with E-state index in [0.29, 0.717) is 30.0 Å². The van der Waals surface area contributed by atoms with Crippen LogP contribution in [-0.2, 0) is 9.84 Å². The van der Waals surface area contributed by atoms with Crippen molar-refractivity contribution in [3.05, 3.63) is 23.8 Å². The van der Waals surface area contributed by atoms with Gasteiger partial charge < -0.3 is 14.4 Å². The van der Waals surface area contributed by atoms with Gasteiger partial charge in [-0.25, -0.2) is 8.42 Å². The van der Waals surface area contributed by atoms with Gasteiger partial charge in [-0.3, -0.25) is 4.79 Å². The highest BCUT2D eigenvalue weighted by molar-refractivity contribution is 7.91. The molecule has 6 nitrogen and oxygen atoms in total. The van der Waals surface area contributed by atoms with Crippen LogP contribution in [0.25, 0.3) is 0 Å². The summed E-state index contributed by atoms with van der Waals surface area (Å²) in [4.78, 5) is 13.9. The average molecular weight is 297 g/mol. The Morgan fingerprint density at radius 1 is 1.30 bits per heavy atom. The summed E-state index contributed by atoms with van der Waals surface area (Å²) < 4.78 is 33.5. The van der Waals surface area contributed by atoms with Crippen LogP contribution in [0.2, 0.25) is 0 Å². The molecule has 1 amide bonds. The number of fused-ring (bicyclic) bond motifs is 1. The van der Waals surface area contributed by atoms with E-state index in [2.05, 4.69) is 0 Å². The molecule has 0 aromatic heterocycles. The third-order valence-electron chi connectivity index (χ3n) is 3.66. The monoisotopic (exact) mass is 297 g/mol. The number of sulfone groups is 1. The number of ether oxygens (including phenoxy) is 2. The molecule has 2 aliphatic rings. The van der Waals surface area contributed by atoms with E-state index in [1.807, 2.05) is 0 Å². The zero-order chi connectivity index (χ0) is 14.3. The molecule has 1 atom stereocenters. The predicted octanol–water partition coefficient (Wildman–Crippen LogP) is 0.674. The van der Waals surface area contributed by atoms with Crippen molar-refractivity contribution in [3.8, 4) is 11.5 Å². The number of carbonyl (C=O) groups excluding carboxylic acids is 1. The molecule has 1 aromatic carbocycles. The van der Waals surface area contributed by atoms with Gasteiger partial charge in [0, 0.05) is 24.9 Å². The summed E-state index contributed by atoms with van der Waals surface area (Å²) in [6.45, 7) is 0.879. The van der Waals surface area contributed by atoms with Crippen LogP contribution in [0.1, 0.15) is 16.8 Å². The van der Waals surface area contributed by atoms with E-state index < -0.39 is 15.1 Å². The van der Waals surface area contributed by atoms with Gasteiger partial charge in [0.05, 0.1) is 5.25 Å². The van der Waals surface area contributed by atoms with Crippen LogP contribution in [0.3, 0.4) is 0 Å². The molecule has 0 N–H and O–H groups in total. The lowest BCUT2D eigenvalue weighted by Gasteiger charge is -2.16. The predicted molar refractivity (Wildman–Crippen MR) is 71.7 cm³/mol. The van der Waals surface area contributed by atoms with E-state index in [-0.39, 0.29) is 19.2 Å². The topological polar surface area (TPSA) is 72.9 Å². The highest BCUT2D eigenvalue weighted by atomic mass is 32.2. The molecule has 3 rings (SSSR count).